The number of benzene rings is 1. The molecule has 4 aliphatic rings. The van der Waals surface area contributed by atoms with Gasteiger partial charge in [0.2, 0.25) is 12.2 Å². The van der Waals surface area contributed by atoms with Gasteiger partial charge in [-0.25, -0.2) is 8.78 Å². The second kappa shape index (κ2) is 10.9. The Morgan fingerprint density at radius 3 is 2.26 bits per heavy atom. The standard InChI is InChI=1S/C31H39F2N3O7/c1-35(2)19-12-16(9-13-5-7-14(8-6-13)29(32)33)24(37)21-17(19)10-15-11-18-23(36(3)4)26(39)22(30(34)42)28(41)31(18,43)27(40)20(15)25(21)38/h12-15,18,23,29,37,39-40,43H,5-11H2,1-4H3,(H2,34,42)/t13?,14?,15-,18-,23+,31-/m0/s1. The van der Waals surface area contributed by atoms with E-state index in [0.717, 1.165) is 0 Å². The SMILES string of the molecule is CN(C)c1cc(CC2CCC(C(F)F)CC2)c(O)c2c1C[C@H]1C[C@H]3[C@@H](N(C)C)C(O)=C(C(N)=O)C(=O)[C@@]3(O)C(O)=C1C2=O. The predicted molar refractivity (Wildman–Crippen MR) is 153 cm³/mol. The monoisotopic (exact) mass is 603 g/mol. The van der Waals surface area contributed by atoms with Gasteiger partial charge in [0.25, 0.3) is 5.91 Å². The molecule has 0 aliphatic heterocycles. The molecule has 234 valence electrons. The van der Waals surface area contributed by atoms with Crippen molar-refractivity contribution in [2.45, 2.75) is 63.0 Å². The summed E-state index contributed by atoms with van der Waals surface area (Å²) in [6.07, 6.45) is 0.109. The molecule has 1 fully saturated rings. The number of anilines is 1. The van der Waals surface area contributed by atoms with Crippen molar-refractivity contribution in [3.05, 3.63) is 45.4 Å². The number of hydrogen-bond acceptors (Lipinski definition) is 9. The van der Waals surface area contributed by atoms with Gasteiger partial charge in [-0.05, 0) is 88.1 Å². The number of aliphatic hydroxyl groups excluding tert-OH is 2. The van der Waals surface area contributed by atoms with E-state index in [4.69, 9.17) is 5.73 Å². The maximum absolute atomic E-state index is 14.2. The predicted octanol–water partition coefficient (Wildman–Crippen LogP) is 2.80. The zero-order valence-electron chi connectivity index (χ0n) is 24.7. The van der Waals surface area contributed by atoms with E-state index in [1.54, 1.807) is 28.2 Å². The number of allylic oxidation sites excluding steroid dienone is 1. The van der Waals surface area contributed by atoms with E-state index in [1.165, 1.54) is 4.90 Å². The molecular weight excluding hydrogens is 564 g/mol. The van der Waals surface area contributed by atoms with Gasteiger partial charge in [-0.3, -0.25) is 19.3 Å². The quantitative estimate of drug-likeness (QED) is 0.308. The molecule has 12 heteroatoms. The molecule has 6 N–H and O–H groups in total. The number of nitrogens with two attached hydrogens (primary N) is 1. The van der Waals surface area contributed by atoms with Crippen molar-refractivity contribution in [3.63, 3.8) is 0 Å². The zero-order valence-corrected chi connectivity index (χ0v) is 24.7. The largest absolute Gasteiger partial charge is 0.510 e. The number of hydrogen-bond donors (Lipinski definition) is 5. The van der Waals surface area contributed by atoms with Gasteiger partial charge in [-0.1, -0.05) is 0 Å². The lowest BCUT2D eigenvalue weighted by molar-refractivity contribution is -0.148. The number of carbonyl (C=O) groups is 3. The lowest BCUT2D eigenvalue weighted by atomic mass is 9.58. The minimum absolute atomic E-state index is 0.00845. The van der Waals surface area contributed by atoms with Crippen molar-refractivity contribution in [1.29, 1.82) is 0 Å². The number of carbonyl (C=O) groups excluding carboxylic acids is 3. The smallest absolute Gasteiger partial charge is 0.255 e. The topological polar surface area (TPSA) is 165 Å². The maximum atomic E-state index is 14.2. The van der Waals surface area contributed by atoms with Gasteiger partial charge in [0.1, 0.15) is 22.8 Å². The Morgan fingerprint density at radius 2 is 1.72 bits per heavy atom. The molecule has 43 heavy (non-hydrogen) atoms. The molecular formula is C31H39F2N3O7. The number of Topliss-reactive ketones (excluding diaryl/α,β-unsaturated/α-hetero) is 2. The van der Waals surface area contributed by atoms with Crippen LogP contribution in [-0.2, 0) is 22.4 Å². The Balaban J connectivity index is 1.61. The lowest BCUT2D eigenvalue weighted by Crippen LogP contribution is -2.63. The summed E-state index contributed by atoms with van der Waals surface area (Å²) in [7, 11) is 6.76. The van der Waals surface area contributed by atoms with Crippen molar-refractivity contribution >= 4 is 23.2 Å². The number of likely N-dealkylation sites (N-methyl/N-ethyl adjacent to an activating group) is 1. The third-order valence-corrected chi connectivity index (χ3v) is 10.0. The lowest BCUT2D eigenvalue weighted by Gasteiger charge is -2.50. The molecule has 10 nitrogen and oxygen atoms in total. The van der Waals surface area contributed by atoms with Crippen molar-refractivity contribution in [2.24, 2.45) is 29.4 Å². The molecule has 1 saturated carbocycles. The van der Waals surface area contributed by atoms with Gasteiger partial charge in [-0.2, -0.15) is 0 Å². The minimum Gasteiger partial charge on any atom is -0.510 e. The number of phenols is 1. The van der Waals surface area contributed by atoms with E-state index in [-0.39, 0.29) is 35.6 Å². The van der Waals surface area contributed by atoms with Gasteiger partial charge in [-0.15, -0.1) is 0 Å². The third-order valence-electron chi connectivity index (χ3n) is 10.0. The van der Waals surface area contributed by atoms with Gasteiger partial charge >= 0.3 is 0 Å². The van der Waals surface area contributed by atoms with Crippen LogP contribution >= 0.6 is 0 Å². The van der Waals surface area contributed by atoms with Crippen LogP contribution in [0.5, 0.6) is 5.75 Å². The van der Waals surface area contributed by atoms with Crippen LogP contribution in [0.15, 0.2) is 28.7 Å². The van der Waals surface area contributed by atoms with E-state index in [1.807, 2.05) is 11.0 Å². The Hall–Kier alpha value is -3.51. The first-order valence-corrected chi connectivity index (χ1v) is 14.6. The Labute approximate surface area is 248 Å². The number of fused-ring (bicyclic) bond motifs is 3. The number of phenolic OH excluding ortho intramolecular Hbond substituents is 1. The average molecular weight is 604 g/mol. The fourth-order valence-corrected chi connectivity index (χ4v) is 7.86. The highest BCUT2D eigenvalue weighted by Crippen LogP contribution is 2.53. The number of halogens is 2. The summed E-state index contributed by atoms with van der Waals surface area (Å²) in [6, 6.07) is 0.754. The van der Waals surface area contributed by atoms with Crippen LogP contribution in [0.1, 0.15) is 53.6 Å². The van der Waals surface area contributed by atoms with Crippen molar-refractivity contribution in [2.75, 3.05) is 33.1 Å². The summed E-state index contributed by atoms with van der Waals surface area (Å²) >= 11 is 0. The second-order valence-corrected chi connectivity index (χ2v) is 12.9. The second-order valence-electron chi connectivity index (χ2n) is 12.9. The van der Waals surface area contributed by atoms with Crippen LogP contribution < -0.4 is 10.6 Å². The van der Waals surface area contributed by atoms with Crippen LogP contribution in [0.2, 0.25) is 0 Å². The maximum Gasteiger partial charge on any atom is 0.255 e. The summed E-state index contributed by atoms with van der Waals surface area (Å²) in [5, 5.41) is 45.7. The molecule has 0 radical (unpaired) electrons. The Kier molecular flexibility index (Phi) is 7.83. The van der Waals surface area contributed by atoms with Crippen LogP contribution in [0.25, 0.3) is 0 Å². The van der Waals surface area contributed by atoms with E-state index < -0.39 is 70.4 Å². The van der Waals surface area contributed by atoms with Crippen LogP contribution in [-0.4, -0.2) is 89.1 Å². The molecule has 5 rings (SSSR count). The molecule has 0 bridgehead atoms. The number of amides is 1. The number of aromatic hydroxyl groups is 1. The van der Waals surface area contributed by atoms with Crippen molar-refractivity contribution in [3.8, 4) is 5.75 Å². The highest BCUT2D eigenvalue weighted by Gasteiger charge is 2.63. The van der Waals surface area contributed by atoms with Gasteiger partial charge in [0.15, 0.2) is 11.4 Å². The summed E-state index contributed by atoms with van der Waals surface area (Å²) in [5.41, 5.74) is 3.29. The number of aliphatic hydroxyl groups is 3. The van der Waals surface area contributed by atoms with Crippen LogP contribution in [0.4, 0.5) is 14.5 Å². The van der Waals surface area contributed by atoms with Gasteiger partial charge < -0.3 is 31.1 Å². The number of rotatable bonds is 6. The van der Waals surface area contributed by atoms with E-state index in [2.05, 4.69) is 0 Å². The third kappa shape index (κ3) is 4.69. The summed E-state index contributed by atoms with van der Waals surface area (Å²) < 4.78 is 26.4. The molecule has 4 atom stereocenters. The van der Waals surface area contributed by atoms with E-state index >= 15 is 0 Å². The first kappa shape index (κ1) is 30.9. The number of primary amides is 1. The Bertz CT molecular complexity index is 1440. The molecule has 1 aromatic rings. The molecule has 1 aromatic carbocycles. The highest BCUT2D eigenvalue weighted by molar-refractivity contribution is 6.25. The summed E-state index contributed by atoms with van der Waals surface area (Å²) in [5.74, 6) is -7.46. The summed E-state index contributed by atoms with van der Waals surface area (Å²) in [6.45, 7) is 0. The van der Waals surface area contributed by atoms with Gasteiger partial charge in [0.05, 0.1) is 11.6 Å². The first-order chi connectivity index (χ1) is 20.1. The Morgan fingerprint density at radius 1 is 1.09 bits per heavy atom. The molecule has 0 saturated heterocycles. The molecule has 4 aliphatic carbocycles. The zero-order chi connectivity index (χ0) is 31.7. The first-order valence-electron chi connectivity index (χ1n) is 14.6. The fraction of sp³-hybridized carbons (Fsp3) is 0.581. The average Bonchev–Trinajstić information content (AvgIpc) is 2.92. The van der Waals surface area contributed by atoms with E-state index in [9.17, 15) is 43.6 Å². The fourth-order valence-electron chi connectivity index (χ4n) is 7.86. The minimum atomic E-state index is -2.70. The van der Waals surface area contributed by atoms with Crippen LogP contribution in [0, 0.1) is 23.7 Å². The molecule has 0 spiro atoms. The van der Waals surface area contributed by atoms with Crippen molar-refractivity contribution < 1.29 is 43.6 Å². The van der Waals surface area contributed by atoms with Gasteiger partial charge in [0, 0.05) is 37.2 Å². The number of alkyl halides is 2. The number of nitrogens with zero attached hydrogens (tertiary/aromatic N) is 2. The van der Waals surface area contributed by atoms with E-state index in [0.29, 0.717) is 48.9 Å². The molecule has 1 amide bonds. The summed E-state index contributed by atoms with van der Waals surface area (Å²) in [4.78, 5) is 43.2. The number of ketones is 2. The normalized spacial score (nSPS) is 30.9. The molecule has 0 unspecified atom stereocenters. The van der Waals surface area contributed by atoms with Crippen molar-refractivity contribution in [1.82, 2.24) is 4.90 Å². The highest BCUT2D eigenvalue weighted by atomic mass is 19.3. The van der Waals surface area contributed by atoms with Crippen LogP contribution in [0.3, 0.4) is 0 Å². The molecule has 0 aromatic heterocycles. The molecule has 0 heterocycles.